The third-order valence-corrected chi connectivity index (χ3v) is 24.9. The van der Waals surface area contributed by atoms with Crippen LogP contribution in [0.4, 0.5) is 52.3 Å². The lowest BCUT2D eigenvalue weighted by molar-refractivity contribution is -0.133. The summed E-state index contributed by atoms with van der Waals surface area (Å²) in [4.78, 5) is 99.7. The van der Waals surface area contributed by atoms with Crippen LogP contribution < -0.4 is 14.7 Å². The van der Waals surface area contributed by atoms with Crippen molar-refractivity contribution >= 4 is 80.2 Å². The number of aryl methyl sites for hydroxylation is 1. The first kappa shape index (κ1) is 91.8. The van der Waals surface area contributed by atoms with E-state index in [0.717, 1.165) is 46.8 Å². The zero-order valence-corrected chi connectivity index (χ0v) is 75.1. The van der Waals surface area contributed by atoms with Crippen LogP contribution in [0.1, 0.15) is 5.89 Å². The molecule has 0 bridgehead atoms. The second-order valence-electron chi connectivity index (χ2n) is 32.1. The van der Waals surface area contributed by atoms with Crippen molar-refractivity contribution in [2.24, 2.45) is 4.99 Å². The average molecular weight is 1900 g/mol. The molecule has 0 aliphatic carbocycles. The Labute approximate surface area is 786 Å². The highest BCUT2D eigenvalue weighted by Gasteiger charge is 2.32. The molecule has 5 aliphatic heterocycles. The molecule has 7 aromatic heterocycles. The molecule has 0 spiro atoms. The van der Waals surface area contributed by atoms with Gasteiger partial charge in [0.1, 0.15) is 78.2 Å². The first-order valence-corrected chi connectivity index (χ1v) is 45.7. The number of fused-ring (bicyclic) bond motifs is 1. The number of hydrogen-bond acceptors (Lipinski definition) is 25. The molecule has 0 unspecified atom stereocenters. The van der Waals surface area contributed by atoms with Crippen LogP contribution in [-0.2, 0) is 45.4 Å². The number of amidine groups is 1. The lowest BCUT2D eigenvalue weighted by atomic mass is 10.2. The number of nitrogens with zero attached hydrogens (tertiary/aromatic N) is 25. The number of halogens is 8. The molecule has 41 heteroatoms. The van der Waals surface area contributed by atoms with Crippen LogP contribution in [0.3, 0.4) is 0 Å². The summed E-state index contributed by atoms with van der Waals surface area (Å²) in [5, 5.41) is 29.9. The Morgan fingerprint density at radius 2 is 0.628 bits per heavy atom. The Hall–Kier alpha value is -15.7. The highest BCUT2D eigenvalue weighted by molar-refractivity contribution is 8.14. The fourth-order valence-electron chi connectivity index (χ4n) is 15.7. The van der Waals surface area contributed by atoms with E-state index in [2.05, 4.69) is 75.3 Å². The normalized spacial score (nSPS) is 14.5. The number of anilines is 3. The number of aromatic nitrogens is 16. The topological polar surface area (TPSA) is 307 Å². The van der Waals surface area contributed by atoms with Crippen LogP contribution in [0, 0.1) is 53.5 Å². The van der Waals surface area contributed by atoms with Gasteiger partial charge in [-0.2, -0.15) is 4.98 Å². The zero-order valence-electron chi connectivity index (χ0n) is 73.5. The maximum atomic E-state index is 13.5. The number of rotatable bonds is 19. The molecule has 5 aliphatic rings. The SMILES string of the molecule is Cc1nnc(N2CCN(C(=O)Cn3nc(-c4ccc(F)cc4)nc3-c3ccc(F)cc3)CC2)o1.O=C(Cn1nc(-c2ccc(F)cc2)nc1-c1ccc(F)cc1)N1CCN(C2=NCCS2)CC1.O=C(Cn1nc(-c2ccc(F)cc2)nc1-c1ccc(F)cc1)N1CCN(c2nc3ccccc3o2)CC1.O=C(Cn1nc(-c2ccc(F)cc2)nc1-c1ccc(F)cc1)N1CCN(c2nccs2)CC1. The summed E-state index contributed by atoms with van der Waals surface area (Å²) in [5.74, 6) is 1.43. The van der Waals surface area contributed by atoms with Gasteiger partial charge in [0.2, 0.25) is 29.5 Å². The number of amides is 4. The van der Waals surface area contributed by atoms with E-state index < -0.39 is 0 Å². The van der Waals surface area contributed by atoms with Crippen molar-refractivity contribution in [3.8, 4) is 91.1 Å². The van der Waals surface area contributed by atoms with Gasteiger partial charge in [0.15, 0.2) is 62.5 Å². The van der Waals surface area contributed by atoms with Crippen molar-refractivity contribution in [2.45, 2.75) is 33.1 Å². The molecule has 0 radical (unpaired) electrons. The standard InChI is InChI=1S/C27H22F2N6O2.C23H21F2N7O2.C23H22F2N6OS.C23H20F2N6OS/c28-20-9-5-18(6-10-20)25-31-26(19-7-11-21(29)12-8-19)35(32-25)17-24(36)33-13-15-34(16-14-33)27-30-22-3-1-2-4-23(22)37-27;1-15-27-28-23(34-15)31-12-10-30(11-13-31)20(33)14-32-22(17-4-8-19(25)9-5-17)26-21(29-32)16-2-6-18(24)7-3-16;2*24-18-5-1-16(2-6-18)21-27-22(17-3-7-19(25)8-4-17)31(28-21)15-20(32)29-10-12-30(13-11-29)23-26-9-14-33-23/h1-12H,13-17H2;2-9H,10-14H2,1H3;1-8H,9-15H2;1-9,14H,10-13,15H2. The Balaban J connectivity index is 0.000000122. The van der Waals surface area contributed by atoms with Crippen molar-refractivity contribution in [1.82, 2.24) is 104 Å². The molecule has 4 amide bonds. The van der Waals surface area contributed by atoms with Crippen molar-refractivity contribution in [3.63, 3.8) is 0 Å². The predicted octanol–water partition coefficient (Wildman–Crippen LogP) is 14.1. The van der Waals surface area contributed by atoms with Gasteiger partial charge in [-0.15, -0.1) is 36.8 Å². The van der Waals surface area contributed by atoms with Crippen LogP contribution in [0.2, 0.25) is 0 Å². The summed E-state index contributed by atoms with van der Waals surface area (Å²) in [6, 6.07) is 55.3. The van der Waals surface area contributed by atoms with Crippen molar-refractivity contribution in [1.29, 1.82) is 0 Å². The Bertz CT molecular complexity index is 6870. The fraction of sp³-hybridized carbons (Fsp3) is 0.240. The molecule has 4 saturated heterocycles. The minimum atomic E-state index is -0.376. The van der Waals surface area contributed by atoms with Crippen LogP contribution in [0.15, 0.2) is 244 Å². The number of hydrogen-bond donors (Lipinski definition) is 0. The Kier molecular flexibility index (Phi) is 28.0. The van der Waals surface area contributed by atoms with E-state index >= 15 is 0 Å². The number of thioether (sulfide) groups is 1. The molecular formula is C96H85F8N25O6S2. The summed E-state index contributed by atoms with van der Waals surface area (Å²) in [5.41, 5.74) is 6.53. The smallest absolute Gasteiger partial charge is 0.318 e. The molecule has 137 heavy (non-hydrogen) atoms. The molecule has 4 fully saturated rings. The number of thiazole rings is 1. The molecule has 31 nitrogen and oxygen atoms in total. The number of aliphatic imine (C=N–C) groups is 1. The number of carbonyl (C=O) groups excluding carboxylic acids is 4. The van der Waals surface area contributed by atoms with Crippen molar-refractivity contribution < 1.29 is 63.1 Å². The number of oxazole rings is 1. The first-order valence-electron chi connectivity index (χ1n) is 43.8. The summed E-state index contributed by atoms with van der Waals surface area (Å²) in [6.07, 6.45) is 1.78. The molecule has 9 aromatic carbocycles. The molecule has 0 N–H and O–H groups in total. The lowest BCUT2D eigenvalue weighted by Gasteiger charge is -2.35. The van der Waals surface area contributed by atoms with Crippen LogP contribution >= 0.6 is 23.1 Å². The first-order chi connectivity index (χ1) is 66.6. The fourth-order valence-corrected chi connectivity index (χ4v) is 17.4. The quantitative estimate of drug-likeness (QED) is 0.0679. The van der Waals surface area contributed by atoms with Crippen LogP contribution in [0.25, 0.3) is 102 Å². The summed E-state index contributed by atoms with van der Waals surface area (Å²) in [6.45, 7) is 12.1. The van der Waals surface area contributed by atoms with Crippen LogP contribution in [0.5, 0.6) is 0 Å². The second kappa shape index (κ2) is 41.8. The summed E-state index contributed by atoms with van der Waals surface area (Å²) < 4.78 is 125. The third-order valence-electron chi connectivity index (χ3n) is 23.0. The summed E-state index contributed by atoms with van der Waals surface area (Å²) in [7, 11) is 0. The van der Waals surface area contributed by atoms with E-state index in [1.165, 1.54) is 116 Å². The van der Waals surface area contributed by atoms with Gasteiger partial charge in [0, 0.05) is 173 Å². The number of carbonyl (C=O) groups is 4. The summed E-state index contributed by atoms with van der Waals surface area (Å²) >= 11 is 3.35. The van der Waals surface area contributed by atoms with Gasteiger partial charge >= 0.3 is 6.01 Å². The number of piperazine rings is 4. The lowest BCUT2D eigenvalue weighted by Crippen LogP contribution is -2.50. The highest BCUT2D eigenvalue weighted by atomic mass is 32.2. The van der Waals surface area contributed by atoms with Gasteiger partial charge in [-0.1, -0.05) is 29.0 Å². The molecule has 0 atom stereocenters. The zero-order chi connectivity index (χ0) is 94.6. The van der Waals surface area contributed by atoms with Crippen molar-refractivity contribution in [3.05, 3.63) is 282 Å². The van der Waals surface area contributed by atoms with Gasteiger partial charge in [-0.3, -0.25) is 24.2 Å². The molecule has 698 valence electrons. The van der Waals surface area contributed by atoms with Crippen molar-refractivity contribution in [2.75, 3.05) is 132 Å². The minimum Gasteiger partial charge on any atom is -0.423 e. The molecule has 12 heterocycles. The molecule has 0 saturated carbocycles. The van der Waals surface area contributed by atoms with Gasteiger partial charge < -0.3 is 48.0 Å². The third kappa shape index (κ3) is 22.4. The maximum Gasteiger partial charge on any atom is 0.318 e. The molecule has 21 rings (SSSR count). The van der Waals surface area contributed by atoms with E-state index in [4.69, 9.17) is 8.83 Å². The molecular weight excluding hydrogens is 1820 g/mol. The molecule has 16 aromatic rings. The number of benzene rings is 9. The minimum absolute atomic E-state index is 0.00183. The van der Waals surface area contributed by atoms with E-state index in [9.17, 15) is 54.3 Å². The maximum absolute atomic E-state index is 13.5. The van der Waals surface area contributed by atoms with Gasteiger partial charge in [0.05, 0.1) is 6.54 Å². The second-order valence-corrected chi connectivity index (χ2v) is 34.0. The van der Waals surface area contributed by atoms with E-state index in [-0.39, 0.29) is 96.3 Å². The van der Waals surface area contributed by atoms with E-state index in [1.807, 2.05) is 44.3 Å². The predicted molar refractivity (Wildman–Crippen MR) is 498 cm³/mol. The van der Waals surface area contributed by atoms with Gasteiger partial charge in [-0.25, -0.2) is 78.8 Å². The van der Waals surface area contributed by atoms with Gasteiger partial charge in [-0.05, 0) is 206 Å². The van der Waals surface area contributed by atoms with Gasteiger partial charge in [0.25, 0.3) is 6.01 Å². The van der Waals surface area contributed by atoms with Crippen LogP contribution in [-0.4, -0.2) is 250 Å². The monoisotopic (exact) mass is 1900 g/mol. The largest absolute Gasteiger partial charge is 0.423 e. The Morgan fingerprint density at radius 3 is 0.912 bits per heavy atom. The van der Waals surface area contributed by atoms with E-state index in [0.29, 0.717) is 201 Å². The highest BCUT2D eigenvalue weighted by Crippen LogP contribution is 2.32. The average Bonchev–Trinajstić information content (AvgIpc) is 1.65. The Morgan fingerprint density at radius 1 is 0.328 bits per heavy atom. The number of para-hydroxylation sites is 2. The van der Waals surface area contributed by atoms with E-state index in [1.54, 1.807) is 148 Å².